The first-order chi connectivity index (χ1) is 4.80. The van der Waals surface area contributed by atoms with Gasteiger partial charge in [-0.05, 0) is 19.3 Å². The molecule has 0 amide bonds. The fraction of sp³-hybridized carbons (Fsp3) is 0.857. The Morgan fingerprint density at radius 1 is 1.40 bits per heavy atom. The molecule has 3 heteroatoms. The van der Waals surface area contributed by atoms with E-state index in [0.29, 0.717) is 13.0 Å². The highest BCUT2D eigenvalue weighted by Crippen LogP contribution is 2.15. The Balaban J connectivity index is 2.35. The molecule has 0 aromatic heterocycles. The van der Waals surface area contributed by atoms with E-state index in [1.807, 2.05) is 0 Å². The zero-order valence-electron chi connectivity index (χ0n) is 5.88. The van der Waals surface area contributed by atoms with Gasteiger partial charge < -0.3 is 9.84 Å². The summed E-state index contributed by atoms with van der Waals surface area (Å²) in [5.74, 6) is -0.840. The molecule has 10 heavy (non-hydrogen) atoms. The Morgan fingerprint density at radius 2 is 2.20 bits per heavy atom. The van der Waals surface area contributed by atoms with Crippen molar-refractivity contribution in [3.05, 3.63) is 0 Å². The van der Waals surface area contributed by atoms with Crippen LogP contribution in [0.5, 0.6) is 0 Å². The second kappa shape index (κ2) is 3.56. The Kier molecular flexibility index (Phi) is 2.68. The van der Waals surface area contributed by atoms with Crippen LogP contribution in [0.1, 0.15) is 19.3 Å². The molecule has 1 aliphatic rings. The van der Waals surface area contributed by atoms with Crippen molar-refractivity contribution in [2.75, 3.05) is 13.2 Å². The number of hydrogen-bond acceptors (Lipinski definition) is 2. The summed E-state index contributed by atoms with van der Waals surface area (Å²) in [6.07, 6.45) is 2.33. The third-order valence-electron chi connectivity index (χ3n) is 1.80. The summed E-state index contributed by atoms with van der Waals surface area (Å²) in [7, 11) is 0. The summed E-state index contributed by atoms with van der Waals surface area (Å²) in [5, 5.41) is 8.61. The van der Waals surface area contributed by atoms with Crippen molar-refractivity contribution in [1.29, 1.82) is 0 Å². The number of carboxylic acids is 1. The summed E-state index contributed by atoms with van der Waals surface area (Å²) in [6, 6.07) is 0. The third kappa shape index (κ3) is 1.99. The molecule has 58 valence electrons. The van der Waals surface area contributed by atoms with Crippen molar-refractivity contribution in [3.8, 4) is 0 Å². The lowest BCUT2D eigenvalue weighted by Gasteiger charge is -2.04. The van der Waals surface area contributed by atoms with E-state index in [2.05, 4.69) is 0 Å². The summed E-state index contributed by atoms with van der Waals surface area (Å²) in [6.45, 7) is 1.33. The highest BCUT2D eigenvalue weighted by atomic mass is 16.5. The van der Waals surface area contributed by atoms with Gasteiger partial charge in [0, 0.05) is 13.2 Å². The fourth-order valence-electron chi connectivity index (χ4n) is 1.15. The van der Waals surface area contributed by atoms with E-state index in [1.165, 1.54) is 0 Å². The highest BCUT2D eigenvalue weighted by molar-refractivity contribution is 5.69. The molecule has 1 rings (SSSR count). The maximum absolute atomic E-state index is 10.5. The number of carbonyl (C=O) groups is 1. The molecule has 3 nitrogen and oxygen atoms in total. The van der Waals surface area contributed by atoms with E-state index in [9.17, 15) is 4.79 Å². The van der Waals surface area contributed by atoms with Crippen LogP contribution in [0, 0.1) is 5.92 Å². The molecule has 1 unspecified atom stereocenters. The van der Waals surface area contributed by atoms with Crippen LogP contribution in [0.2, 0.25) is 0 Å². The number of carboxylic acid groups (broad SMARTS) is 1. The highest BCUT2D eigenvalue weighted by Gasteiger charge is 2.18. The van der Waals surface area contributed by atoms with E-state index >= 15 is 0 Å². The van der Waals surface area contributed by atoms with Crippen molar-refractivity contribution < 1.29 is 14.6 Å². The van der Waals surface area contributed by atoms with Crippen LogP contribution >= 0.6 is 0 Å². The van der Waals surface area contributed by atoms with Gasteiger partial charge in [0.05, 0.1) is 5.92 Å². The Morgan fingerprint density at radius 3 is 2.90 bits per heavy atom. The van der Waals surface area contributed by atoms with Crippen LogP contribution in [0.4, 0.5) is 0 Å². The van der Waals surface area contributed by atoms with Crippen LogP contribution in [-0.4, -0.2) is 24.3 Å². The fourth-order valence-corrected chi connectivity index (χ4v) is 1.15. The van der Waals surface area contributed by atoms with Gasteiger partial charge in [0.2, 0.25) is 0 Å². The molecular formula is C7H12O3. The SMILES string of the molecule is O=C(O)C1CCCOCC1. The third-order valence-corrected chi connectivity index (χ3v) is 1.80. The smallest absolute Gasteiger partial charge is 0.306 e. The first-order valence-corrected chi connectivity index (χ1v) is 3.61. The second-order valence-electron chi connectivity index (χ2n) is 2.58. The van der Waals surface area contributed by atoms with Crippen LogP contribution in [0.25, 0.3) is 0 Å². The summed E-state index contributed by atoms with van der Waals surface area (Å²) in [4.78, 5) is 10.5. The molecule has 0 aromatic rings. The maximum atomic E-state index is 10.5. The molecule has 0 radical (unpaired) electrons. The van der Waals surface area contributed by atoms with Gasteiger partial charge >= 0.3 is 5.97 Å². The first kappa shape index (κ1) is 7.54. The van der Waals surface area contributed by atoms with Crippen molar-refractivity contribution >= 4 is 5.97 Å². The molecular weight excluding hydrogens is 132 g/mol. The Labute approximate surface area is 60.0 Å². The number of rotatable bonds is 1. The molecule has 0 aromatic carbocycles. The van der Waals surface area contributed by atoms with Crippen molar-refractivity contribution in [1.82, 2.24) is 0 Å². The Bertz CT molecular complexity index is 114. The largest absolute Gasteiger partial charge is 0.481 e. The van der Waals surface area contributed by atoms with Gasteiger partial charge in [-0.3, -0.25) is 4.79 Å². The standard InChI is InChI=1S/C7H12O3/c8-7(9)6-2-1-4-10-5-3-6/h6H,1-5H2,(H,8,9). The van der Waals surface area contributed by atoms with Gasteiger partial charge in [0.25, 0.3) is 0 Å². The number of aliphatic carboxylic acids is 1. The average Bonchev–Trinajstić information content (AvgIpc) is 2.12. The maximum Gasteiger partial charge on any atom is 0.306 e. The van der Waals surface area contributed by atoms with Crippen LogP contribution in [0.3, 0.4) is 0 Å². The quantitative estimate of drug-likeness (QED) is 0.594. The van der Waals surface area contributed by atoms with Gasteiger partial charge in [0.1, 0.15) is 0 Å². The summed E-state index contributed by atoms with van der Waals surface area (Å²) >= 11 is 0. The zero-order valence-corrected chi connectivity index (χ0v) is 5.88. The predicted molar refractivity (Wildman–Crippen MR) is 35.8 cm³/mol. The minimum Gasteiger partial charge on any atom is -0.481 e. The average molecular weight is 144 g/mol. The van der Waals surface area contributed by atoms with Gasteiger partial charge in [-0.15, -0.1) is 0 Å². The second-order valence-corrected chi connectivity index (χ2v) is 2.58. The molecule has 1 atom stereocenters. The molecule has 0 spiro atoms. The summed E-state index contributed by atoms with van der Waals surface area (Å²) < 4.78 is 5.11. The van der Waals surface area contributed by atoms with Gasteiger partial charge in [-0.25, -0.2) is 0 Å². The van der Waals surface area contributed by atoms with E-state index in [4.69, 9.17) is 9.84 Å². The van der Waals surface area contributed by atoms with Crippen LogP contribution in [-0.2, 0) is 9.53 Å². The van der Waals surface area contributed by atoms with Gasteiger partial charge in [-0.2, -0.15) is 0 Å². The minimum atomic E-state index is -0.675. The lowest BCUT2D eigenvalue weighted by molar-refractivity contribution is -0.142. The zero-order chi connectivity index (χ0) is 7.40. The normalized spacial score (nSPS) is 27.4. The van der Waals surface area contributed by atoms with Gasteiger partial charge in [0.15, 0.2) is 0 Å². The number of hydrogen-bond donors (Lipinski definition) is 1. The van der Waals surface area contributed by atoms with E-state index < -0.39 is 5.97 Å². The molecule has 0 bridgehead atoms. The van der Waals surface area contributed by atoms with Crippen molar-refractivity contribution in [3.63, 3.8) is 0 Å². The van der Waals surface area contributed by atoms with E-state index in [-0.39, 0.29) is 5.92 Å². The van der Waals surface area contributed by atoms with E-state index in [0.717, 1.165) is 19.4 Å². The predicted octanol–water partition coefficient (Wildman–Crippen LogP) is 0.888. The molecule has 1 fully saturated rings. The molecule has 1 saturated heterocycles. The number of ether oxygens (including phenoxy) is 1. The lowest BCUT2D eigenvalue weighted by atomic mass is 10.0. The Hall–Kier alpha value is -0.570. The van der Waals surface area contributed by atoms with Gasteiger partial charge in [-0.1, -0.05) is 0 Å². The lowest BCUT2D eigenvalue weighted by Crippen LogP contribution is -2.13. The van der Waals surface area contributed by atoms with E-state index in [1.54, 1.807) is 0 Å². The topological polar surface area (TPSA) is 46.5 Å². The minimum absolute atomic E-state index is 0.164. The van der Waals surface area contributed by atoms with Crippen molar-refractivity contribution in [2.45, 2.75) is 19.3 Å². The first-order valence-electron chi connectivity index (χ1n) is 3.61. The molecule has 1 aliphatic heterocycles. The molecule has 1 heterocycles. The molecule has 0 saturated carbocycles. The van der Waals surface area contributed by atoms with Crippen molar-refractivity contribution in [2.24, 2.45) is 5.92 Å². The van der Waals surface area contributed by atoms with Crippen LogP contribution in [0.15, 0.2) is 0 Å². The monoisotopic (exact) mass is 144 g/mol. The molecule has 0 aliphatic carbocycles. The van der Waals surface area contributed by atoms with Crippen LogP contribution < -0.4 is 0 Å². The summed E-state index contributed by atoms with van der Waals surface area (Å²) in [5.41, 5.74) is 0. The molecule has 1 N–H and O–H groups in total.